The molecule has 0 atom stereocenters. The summed E-state index contributed by atoms with van der Waals surface area (Å²) < 4.78 is 2.28. The van der Waals surface area contributed by atoms with E-state index in [0.29, 0.717) is 5.15 Å². The molecule has 1 aliphatic heterocycles. The molecule has 0 spiro atoms. The molecule has 1 aliphatic rings. The number of rotatable bonds is 4. The number of fused-ring (bicyclic) bond motifs is 1. The molecule has 1 aromatic carbocycles. The molecule has 0 unspecified atom stereocenters. The molecule has 0 amide bonds. The summed E-state index contributed by atoms with van der Waals surface area (Å²) >= 11 is 5.95. The second kappa shape index (κ2) is 6.61. The van der Waals surface area contributed by atoms with Gasteiger partial charge in [-0.2, -0.15) is 0 Å². The lowest BCUT2D eigenvalue weighted by Gasteiger charge is -2.27. The van der Waals surface area contributed by atoms with Crippen LogP contribution in [0.1, 0.15) is 17.0 Å². The van der Waals surface area contributed by atoms with Crippen molar-refractivity contribution in [3.8, 4) is 0 Å². The number of aryl methyl sites for hydroxylation is 2. The third-order valence-electron chi connectivity index (χ3n) is 4.39. The molecule has 3 aromatic rings. The van der Waals surface area contributed by atoms with E-state index in [2.05, 4.69) is 54.8 Å². The molecule has 0 saturated heterocycles. The molecule has 2 aromatic heterocycles. The summed E-state index contributed by atoms with van der Waals surface area (Å²) in [6, 6.07) is 10.6. The Bertz CT molecular complexity index is 830. The molecule has 0 fully saturated rings. The molecule has 0 radical (unpaired) electrons. The minimum Gasteiger partial charge on any atom is -0.349 e. The van der Waals surface area contributed by atoms with E-state index in [1.54, 1.807) is 12.4 Å². The highest BCUT2D eigenvalue weighted by Gasteiger charge is 2.22. The van der Waals surface area contributed by atoms with Crippen molar-refractivity contribution in [1.82, 2.24) is 19.5 Å². The maximum atomic E-state index is 5.95. The summed E-state index contributed by atoms with van der Waals surface area (Å²) in [5.74, 6) is 0.812. The highest BCUT2D eigenvalue weighted by molar-refractivity contribution is 6.29. The SMILES string of the molecule is Clc1cncc(N2CCc3c(ncn3CCc3ccccc3)C2)n1. The fourth-order valence-corrected chi connectivity index (χ4v) is 3.28. The van der Waals surface area contributed by atoms with Gasteiger partial charge in [-0.25, -0.2) is 9.97 Å². The van der Waals surface area contributed by atoms with Crippen LogP contribution in [0.5, 0.6) is 0 Å². The molecule has 0 aliphatic carbocycles. The van der Waals surface area contributed by atoms with E-state index in [9.17, 15) is 0 Å². The Kier molecular flexibility index (Phi) is 4.17. The molecule has 4 rings (SSSR count). The number of aromatic nitrogens is 4. The summed E-state index contributed by atoms with van der Waals surface area (Å²) in [4.78, 5) is 15.3. The van der Waals surface area contributed by atoms with E-state index in [1.165, 1.54) is 11.3 Å². The fourth-order valence-electron chi connectivity index (χ4n) is 3.14. The van der Waals surface area contributed by atoms with Gasteiger partial charge in [0, 0.05) is 25.2 Å². The minimum absolute atomic E-state index is 0.423. The standard InChI is InChI=1S/C18H18ClN5/c19-17-10-20-11-18(22-17)23-9-7-16-15(12-23)21-13-24(16)8-6-14-4-2-1-3-5-14/h1-5,10-11,13H,6-9,12H2. The predicted molar refractivity (Wildman–Crippen MR) is 94.2 cm³/mol. The van der Waals surface area contributed by atoms with Crippen LogP contribution < -0.4 is 4.90 Å². The molecule has 3 heterocycles. The van der Waals surface area contributed by atoms with Gasteiger partial charge in [0.2, 0.25) is 0 Å². The van der Waals surface area contributed by atoms with Gasteiger partial charge in [0.25, 0.3) is 0 Å². The molecule has 6 heteroatoms. The van der Waals surface area contributed by atoms with Crippen LogP contribution in [-0.4, -0.2) is 26.1 Å². The first-order valence-electron chi connectivity index (χ1n) is 8.09. The second-order valence-electron chi connectivity index (χ2n) is 5.94. The highest BCUT2D eigenvalue weighted by Crippen LogP contribution is 2.23. The van der Waals surface area contributed by atoms with Crippen molar-refractivity contribution in [2.24, 2.45) is 0 Å². The smallest absolute Gasteiger partial charge is 0.149 e. The average molecular weight is 340 g/mol. The summed E-state index contributed by atoms with van der Waals surface area (Å²) in [6.45, 7) is 2.62. The predicted octanol–water partition coefficient (Wildman–Crippen LogP) is 3.13. The van der Waals surface area contributed by atoms with Gasteiger partial charge in [-0.15, -0.1) is 0 Å². The number of nitrogens with zero attached hydrogens (tertiary/aromatic N) is 5. The maximum Gasteiger partial charge on any atom is 0.149 e. The Labute approximate surface area is 146 Å². The Balaban J connectivity index is 1.47. The van der Waals surface area contributed by atoms with Crippen LogP contribution in [0.3, 0.4) is 0 Å². The lowest BCUT2D eigenvalue weighted by atomic mass is 10.1. The van der Waals surface area contributed by atoms with Crippen molar-refractivity contribution in [3.63, 3.8) is 0 Å². The summed E-state index contributed by atoms with van der Waals surface area (Å²) in [6.07, 6.45) is 7.24. The Hall–Kier alpha value is -2.40. The largest absolute Gasteiger partial charge is 0.349 e. The van der Waals surface area contributed by atoms with Crippen LogP contribution in [0.2, 0.25) is 5.15 Å². The topological polar surface area (TPSA) is 46.8 Å². The van der Waals surface area contributed by atoms with Gasteiger partial charge in [-0.05, 0) is 12.0 Å². The van der Waals surface area contributed by atoms with Crippen molar-refractivity contribution in [1.29, 1.82) is 0 Å². The number of imidazole rings is 1. The zero-order chi connectivity index (χ0) is 16.4. The van der Waals surface area contributed by atoms with Gasteiger partial charge in [0.05, 0.1) is 31.0 Å². The molecular weight excluding hydrogens is 322 g/mol. The first kappa shape index (κ1) is 15.1. The lowest BCUT2D eigenvalue weighted by molar-refractivity contribution is 0.622. The molecule has 0 N–H and O–H groups in total. The monoisotopic (exact) mass is 339 g/mol. The van der Waals surface area contributed by atoms with Crippen LogP contribution >= 0.6 is 11.6 Å². The first-order chi connectivity index (χ1) is 11.8. The number of hydrogen-bond donors (Lipinski definition) is 0. The van der Waals surface area contributed by atoms with Crippen LogP contribution in [0, 0.1) is 0 Å². The number of anilines is 1. The van der Waals surface area contributed by atoms with E-state index in [-0.39, 0.29) is 0 Å². The molecule has 5 nitrogen and oxygen atoms in total. The summed E-state index contributed by atoms with van der Waals surface area (Å²) in [5, 5.41) is 0.423. The number of halogens is 1. The third-order valence-corrected chi connectivity index (χ3v) is 4.57. The van der Waals surface area contributed by atoms with Crippen LogP contribution in [0.25, 0.3) is 0 Å². The van der Waals surface area contributed by atoms with Gasteiger partial charge in [0.1, 0.15) is 11.0 Å². The Morgan fingerprint density at radius 2 is 2.00 bits per heavy atom. The highest BCUT2D eigenvalue weighted by atomic mass is 35.5. The van der Waals surface area contributed by atoms with Crippen molar-refractivity contribution >= 4 is 17.4 Å². The Morgan fingerprint density at radius 1 is 1.12 bits per heavy atom. The average Bonchev–Trinajstić information content (AvgIpc) is 3.03. The summed E-state index contributed by atoms with van der Waals surface area (Å²) in [5.41, 5.74) is 3.81. The lowest BCUT2D eigenvalue weighted by Crippen LogP contribution is -2.32. The normalized spacial score (nSPS) is 13.8. The van der Waals surface area contributed by atoms with Crippen molar-refractivity contribution < 1.29 is 0 Å². The molecule has 122 valence electrons. The van der Waals surface area contributed by atoms with E-state index in [1.807, 2.05) is 6.33 Å². The zero-order valence-corrected chi connectivity index (χ0v) is 14.0. The van der Waals surface area contributed by atoms with Gasteiger partial charge in [0.15, 0.2) is 0 Å². The van der Waals surface area contributed by atoms with Crippen molar-refractivity contribution in [2.45, 2.75) is 25.9 Å². The van der Waals surface area contributed by atoms with E-state index in [0.717, 1.165) is 44.0 Å². The van der Waals surface area contributed by atoms with Gasteiger partial charge in [-0.3, -0.25) is 4.98 Å². The van der Waals surface area contributed by atoms with E-state index >= 15 is 0 Å². The van der Waals surface area contributed by atoms with Gasteiger partial charge >= 0.3 is 0 Å². The third kappa shape index (κ3) is 3.12. The van der Waals surface area contributed by atoms with Crippen LogP contribution in [0.4, 0.5) is 5.82 Å². The Morgan fingerprint density at radius 3 is 2.83 bits per heavy atom. The van der Waals surface area contributed by atoms with Crippen molar-refractivity contribution in [2.75, 3.05) is 11.4 Å². The van der Waals surface area contributed by atoms with Crippen LogP contribution in [-0.2, 0) is 25.9 Å². The van der Waals surface area contributed by atoms with Gasteiger partial charge in [-0.1, -0.05) is 41.9 Å². The minimum atomic E-state index is 0.423. The van der Waals surface area contributed by atoms with Crippen LogP contribution in [0.15, 0.2) is 49.1 Å². The second-order valence-corrected chi connectivity index (χ2v) is 6.33. The number of hydrogen-bond acceptors (Lipinski definition) is 4. The van der Waals surface area contributed by atoms with Crippen molar-refractivity contribution in [3.05, 3.63) is 71.2 Å². The van der Waals surface area contributed by atoms with E-state index in [4.69, 9.17) is 11.6 Å². The first-order valence-corrected chi connectivity index (χ1v) is 8.47. The molecule has 0 bridgehead atoms. The fraction of sp³-hybridized carbons (Fsp3) is 0.278. The molecular formula is C18H18ClN5. The maximum absolute atomic E-state index is 5.95. The van der Waals surface area contributed by atoms with E-state index < -0.39 is 0 Å². The molecule has 0 saturated carbocycles. The molecule has 24 heavy (non-hydrogen) atoms. The number of benzene rings is 1. The zero-order valence-electron chi connectivity index (χ0n) is 13.3. The summed E-state index contributed by atoms with van der Waals surface area (Å²) in [7, 11) is 0. The quantitative estimate of drug-likeness (QED) is 0.732. The van der Waals surface area contributed by atoms with Gasteiger partial charge < -0.3 is 9.47 Å².